The number of hydrogen-bond donors (Lipinski definition) is 1. The van der Waals surface area contributed by atoms with Crippen molar-refractivity contribution in [2.45, 2.75) is 19.9 Å². The standard InChI is InChI=1S/C14H16BrN3O3/c1-2-6-18(9-13(19)20)8-12-16-14(17-21-12)10-4-3-5-11(15)7-10/h3-5,7H,2,6,8-9H2,1H3,(H,19,20). The first-order valence-corrected chi connectivity index (χ1v) is 7.40. The second-order valence-electron chi connectivity index (χ2n) is 4.63. The van der Waals surface area contributed by atoms with E-state index in [0.29, 0.717) is 24.8 Å². The van der Waals surface area contributed by atoms with E-state index in [1.54, 1.807) is 4.90 Å². The number of nitrogens with zero attached hydrogens (tertiary/aromatic N) is 3. The largest absolute Gasteiger partial charge is 0.480 e. The van der Waals surface area contributed by atoms with E-state index in [1.807, 2.05) is 31.2 Å². The van der Waals surface area contributed by atoms with Gasteiger partial charge in [0.1, 0.15) is 0 Å². The van der Waals surface area contributed by atoms with E-state index < -0.39 is 5.97 Å². The third-order valence-electron chi connectivity index (χ3n) is 2.81. The summed E-state index contributed by atoms with van der Waals surface area (Å²) in [5.74, 6) is 0.0490. The van der Waals surface area contributed by atoms with Gasteiger partial charge < -0.3 is 9.63 Å². The molecule has 0 saturated heterocycles. The summed E-state index contributed by atoms with van der Waals surface area (Å²) >= 11 is 3.39. The molecule has 1 N–H and O–H groups in total. The van der Waals surface area contributed by atoms with Gasteiger partial charge in [0, 0.05) is 10.0 Å². The summed E-state index contributed by atoms with van der Waals surface area (Å²) in [6.45, 7) is 2.96. The first kappa shape index (κ1) is 15.7. The number of carbonyl (C=O) groups is 1. The Kier molecular flexibility index (Phi) is 5.46. The Morgan fingerprint density at radius 2 is 2.29 bits per heavy atom. The van der Waals surface area contributed by atoms with Gasteiger partial charge in [0.15, 0.2) is 0 Å². The van der Waals surface area contributed by atoms with Crippen LogP contribution in [0.5, 0.6) is 0 Å². The Labute approximate surface area is 130 Å². The molecule has 0 unspecified atom stereocenters. The van der Waals surface area contributed by atoms with Crippen LogP contribution in [0.4, 0.5) is 0 Å². The first-order valence-electron chi connectivity index (χ1n) is 6.61. The lowest BCUT2D eigenvalue weighted by molar-refractivity contribution is -0.138. The van der Waals surface area contributed by atoms with Gasteiger partial charge in [-0.1, -0.05) is 40.1 Å². The van der Waals surface area contributed by atoms with Crippen molar-refractivity contribution in [2.24, 2.45) is 0 Å². The van der Waals surface area contributed by atoms with E-state index in [1.165, 1.54) is 0 Å². The smallest absolute Gasteiger partial charge is 0.317 e. The van der Waals surface area contributed by atoms with Crippen molar-refractivity contribution in [1.29, 1.82) is 0 Å². The van der Waals surface area contributed by atoms with Gasteiger partial charge in [-0.2, -0.15) is 4.98 Å². The molecular formula is C14H16BrN3O3. The molecule has 0 aliphatic carbocycles. The highest BCUT2D eigenvalue weighted by Crippen LogP contribution is 2.20. The molecule has 0 spiro atoms. The van der Waals surface area contributed by atoms with Gasteiger partial charge >= 0.3 is 5.97 Å². The van der Waals surface area contributed by atoms with Crippen LogP contribution in [0.2, 0.25) is 0 Å². The molecule has 0 bridgehead atoms. The number of halogens is 1. The Bertz CT molecular complexity index is 615. The van der Waals surface area contributed by atoms with Crippen LogP contribution in [0.25, 0.3) is 11.4 Å². The van der Waals surface area contributed by atoms with Crippen LogP contribution in [-0.4, -0.2) is 39.2 Å². The molecule has 1 aromatic carbocycles. The molecule has 0 saturated carbocycles. The highest BCUT2D eigenvalue weighted by atomic mass is 79.9. The Hall–Kier alpha value is -1.73. The summed E-state index contributed by atoms with van der Waals surface area (Å²) in [6.07, 6.45) is 0.861. The summed E-state index contributed by atoms with van der Waals surface area (Å²) in [6, 6.07) is 7.60. The topological polar surface area (TPSA) is 79.5 Å². The van der Waals surface area contributed by atoms with Gasteiger partial charge in [-0.15, -0.1) is 0 Å². The molecule has 0 aliphatic heterocycles. The molecule has 0 atom stereocenters. The third kappa shape index (κ3) is 4.64. The fourth-order valence-corrected chi connectivity index (χ4v) is 2.38. The zero-order chi connectivity index (χ0) is 15.2. The van der Waals surface area contributed by atoms with E-state index in [-0.39, 0.29) is 6.54 Å². The molecule has 6 nitrogen and oxygen atoms in total. The van der Waals surface area contributed by atoms with Crippen LogP contribution < -0.4 is 0 Å². The summed E-state index contributed by atoms with van der Waals surface area (Å²) in [4.78, 5) is 16.9. The fourth-order valence-electron chi connectivity index (χ4n) is 1.98. The minimum Gasteiger partial charge on any atom is -0.480 e. The predicted octanol–water partition coefficient (Wildman–Crippen LogP) is 2.80. The number of benzene rings is 1. The van der Waals surface area contributed by atoms with Crippen LogP contribution in [0.15, 0.2) is 33.3 Å². The monoisotopic (exact) mass is 353 g/mol. The average Bonchev–Trinajstić information content (AvgIpc) is 2.87. The van der Waals surface area contributed by atoms with Crippen molar-refractivity contribution in [3.8, 4) is 11.4 Å². The van der Waals surface area contributed by atoms with E-state index in [9.17, 15) is 4.79 Å². The number of hydrogen-bond acceptors (Lipinski definition) is 5. The summed E-state index contributed by atoms with van der Waals surface area (Å²) in [5.41, 5.74) is 0.847. The predicted molar refractivity (Wildman–Crippen MR) is 80.6 cm³/mol. The third-order valence-corrected chi connectivity index (χ3v) is 3.30. The van der Waals surface area contributed by atoms with Crippen LogP contribution >= 0.6 is 15.9 Å². The minimum atomic E-state index is -0.866. The van der Waals surface area contributed by atoms with Crippen molar-refractivity contribution in [2.75, 3.05) is 13.1 Å². The first-order chi connectivity index (χ1) is 10.1. The molecule has 0 aliphatic rings. The minimum absolute atomic E-state index is 0.0392. The fraction of sp³-hybridized carbons (Fsp3) is 0.357. The summed E-state index contributed by atoms with van der Waals surface area (Å²) in [5, 5.41) is 12.8. The van der Waals surface area contributed by atoms with Gasteiger partial charge in [0.05, 0.1) is 13.1 Å². The quantitative estimate of drug-likeness (QED) is 0.824. The maximum Gasteiger partial charge on any atom is 0.317 e. The molecule has 112 valence electrons. The van der Waals surface area contributed by atoms with Gasteiger partial charge in [0.2, 0.25) is 11.7 Å². The SMILES string of the molecule is CCCN(CC(=O)O)Cc1nc(-c2cccc(Br)c2)no1. The van der Waals surface area contributed by atoms with E-state index in [2.05, 4.69) is 26.1 Å². The summed E-state index contributed by atoms with van der Waals surface area (Å²) < 4.78 is 6.14. The molecular weight excluding hydrogens is 338 g/mol. The Morgan fingerprint density at radius 1 is 1.48 bits per heavy atom. The second kappa shape index (κ2) is 7.33. The van der Waals surface area contributed by atoms with Crippen molar-refractivity contribution in [3.63, 3.8) is 0 Å². The maximum atomic E-state index is 10.8. The number of aromatic nitrogens is 2. The molecule has 2 rings (SSSR count). The Morgan fingerprint density at radius 3 is 2.95 bits per heavy atom. The average molecular weight is 354 g/mol. The van der Waals surface area contributed by atoms with Gasteiger partial charge in [-0.05, 0) is 25.1 Å². The van der Waals surface area contributed by atoms with Gasteiger partial charge in [-0.25, -0.2) is 0 Å². The van der Waals surface area contributed by atoms with Crippen molar-refractivity contribution < 1.29 is 14.4 Å². The van der Waals surface area contributed by atoms with Crippen LogP contribution in [0, 0.1) is 0 Å². The molecule has 7 heteroatoms. The number of carboxylic acid groups (broad SMARTS) is 1. The molecule has 1 aromatic heterocycles. The van der Waals surface area contributed by atoms with Crippen molar-refractivity contribution >= 4 is 21.9 Å². The summed E-state index contributed by atoms with van der Waals surface area (Å²) in [7, 11) is 0. The van der Waals surface area contributed by atoms with Gasteiger partial charge in [0.25, 0.3) is 0 Å². The number of rotatable bonds is 7. The van der Waals surface area contributed by atoms with Crippen LogP contribution in [-0.2, 0) is 11.3 Å². The second-order valence-corrected chi connectivity index (χ2v) is 5.54. The molecule has 1 heterocycles. The van der Waals surface area contributed by atoms with E-state index in [4.69, 9.17) is 9.63 Å². The number of carboxylic acids is 1. The highest BCUT2D eigenvalue weighted by Gasteiger charge is 2.15. The molecule has 2 aromatic rings. The molecule has 0 radical (unpaired) electrons. The van der Waals surface area contributed by atoms with Crippen molar-refractivity contribution in [1.82, 2.24) is 15.0 Å². The molecule has 0 amide bonds. The van der Waals surface area contributed by atoms with Crippen LogP contribution in [0.1, 0.15) is 19.2 Å². The molecule has 0 fully saturated rings. The molecule has 21 heavy (non-hydrogen) atoms. The van der Waals surface area contributed by atoms with Gasteiger partial charge in [-0.3, -0.25) is 9.69 Å². The highest BCUT2D eigenvalue weighted by molar-refractivity contribution is 9.10. The van der Waals surface area contributed by atoms with E-state index in [0.717, 1.165) is 16.5 Å². The normalized spacial score (nSPS) is 11.0. The lowest BCUT2D eigenvalue weighted by Crippen LogP contribution is -2.30. The van der Waals surface area contributed by atoms with Crippen molar-refractivity contribution in [3.05, 3.63) is 34.6 Å². The lowest BCUT2D eigenvalue weighted by Gasteiger charge is -2.16. The zero-order valence-electron chi connectivity index (χ0n) is 11.6. The lowest BCUT2D eigenvalue weighted by atomic mass is 10.2. The zero-order valence-corrected chi connectivity index (χ0v) is 13.2. The van der Waals surface area contributed by atoms with E-state index >= 15 is 0 Å². The van der Waals surface area contributed by atoms with Crippen LogP contribution in [0.3, 0.4) is 0 Å². The maximum absolute atomic E-state index is 10.8. The Balaban J connectivity index is 2.10. The number of aliphatic carboxylic acids is 1.